The van der Waals surface area contributed by atoms with Crippen molar-refractivity contribution in [1.29, 1.82) is 0 Å². The van der Waals surface area contributed by atoms with E-state index >= 15 is 0 Å². The lowest BCUT2D eigenvalue weighted by Crippen LogP contribution is -2.31. The lowest BCUT2D eigenvalue weighted by Gasteiger charge is -2.24. The molecule has 0 N–H and O–H groups in total. The van der Waals surface area contributed by atoms with Gasteiger partial charge in [0.2, 0.25) is 0 Å². The summed E-state index contributed by atoms with van der Waals surface area (Å²) in [5.74, 6) is 0.472. The predicted molar refractivity (Wildman–Crippen MR) is 597 cm³/mol. The third kappa shape index (κ3) is 143. The van der Waals surface area contributed by atoms with Crippen molar-refractivity contribution in [2.75, 3.05) is 311 Å². The highest BCUT2D eigenvalue weighted by Gasteiger charge is 2.22. The van der Waals surface area contributed by atoms with Crippen molar-refractivity contribution in [1.82, 2.24) is 0 Å². The summed E-state index contributed by atoms with van der Waals surface area (Å²) in [7, 11) is 25.4. The lowest BCUT2D eigenvalue weighted by atomic mass is 10.1. The maximum absolute atomic E-state index is 6.09. The van der Waals surface area contributed by atoms with E-state index in [1.54, 1.807) is 107 Å². The Morgan fingerprint density at radius 3 is 0.555 bits per heavy atom. The van der Waals surface area contributed by atoms with Crippen molar-refractivity contribution >= 4 is 0 Å². The van der Waals surface area contributed by atoms with Crippen LogP contribution < -0.4 is 0 Å². The smallest absolute Gasteiger partial charge is 0.0835 e. The van der Waals surface area contributed by atoms with Crippen LogP contribution in [0.25, 0.3) is 0 Å². The number of methoxy groups -OCH3 is 15. The van der Waals surface area contributed by atoms with Gasteiger partial charge in [-0.05, 0) is 180 Å². The highest BCUT2D eigenvalue weighted by atomic mass is 16.6. The Hall–Kier alpha value is -1.32. The van der Waals surface area contributed by atoms with E-state index < -0.39 is 0 Å². The molecule has 898 valence electrons. The van der Waals surface area contributed by atoms with Crippen LogP contribution in [-0.2, 0) is 156 Å². The Bertz CT molecular complexity index is 2090. The molecule has 0 aliphatic carbocycles. The van der Waals surface area contributed by atoms with Crippen molar-refractivity contribution in [2.45, 2.75) is 432 Å². The van der Waals surface area contributed by atoms with E-state index in [2.05, 4.69) is 90.0 Å². The Morgan fingerprint density at radius 2 is 0.336 bits per heavy atom. The van der Waals surface area contributed by atoms with E-state index in [-0.39, 0.29) is 122 Å². The summed E-state index contributed by atoms with van der Waals surface area (Å²) >= 11 is 0. The van der Waals surface area contributed by atoms with Crippen LogP contribution in [-0.4, -0.2) is 434 Å². The third-order valence-corrected chi connectivity index (χ3v) is 19.9. The number of hydrogen-bond donors (Lipinski definition) is 0. The Kier molecular flexibility index (Phi) is 162. The first-order valence-corrected chi connectivity index (χ1v) is 55.7. The molecule has 20 unspecified atom stereocenters. The Labute approximate surface area is 900 Å². The zero-order chi connectivity index (χ0) is 113. The molecule has 0 saturated heterocycles. The molecular weight excluding hydrogens is 1890 g/mol. The van der Waals surface area contributed by atoms with Gasteiger partial charge in [-0.1, -0.05) is 135 Å². The molecule has 0 bridgehead atoms. The van der Waals surface area contributed by atoms with E-state index in [9.17, 15) is 0 Å². The Balaban J connectivity index is -0.000000153. The quantitative estimate of drug-likeness (QED) is 0.0511. The van der Waals surface area contributed by atoms with Crippen LogP contribution in [0.1, 0.15) is 309 Å². The van der Waals surface area contributed by atoms with E-state index in [1.807, 2.05) is 104 Å². The average Bonchev–Trinajstić information content (AvgIpc) is 0.936. The maximum Gasteiger partial charge on any atom is 0.0835 e. The molecule has 0 saturated carbocycles. The molecule has 0 aromatic carbocycles. The first-order chi connectivity index (χ1) is 70.1. The zero-order valence-electron chi connectivity index (χ0n) is 103. The van der Waals surface area contributed by atoms with Crippen molar-refractivity contribution in [3.63, 3.8) is 0 Å². The van der Waals surface area contributed by atoms with E-state index in [1.165, 1.54) is 25.7 Å². The summed E-state index contributed by atoms with van der Waals surface area (Å²) in [5.41, 5.74) is 0. The predicted octanol–water partition coefficient (Wildman–Crippen LogP) is 21.4. The Morgan fingerprint density at radius 1 is 0.144 bits per heavy atom. The molecule has 146 heavy (non-hydrogen) atoms. The summed E-state index contributed by atoms with van der Waals surface area (Å²) in [6, 6.07) is 0. The topological polar surface area (TPSA) is 305 Å². The number of unbranched alkanes of at least 4 members (excludes halogenated alkanes) is 2. The second-order valence-electron chi connectivity index (χ2n) is 36.3. The van der Waals surface area contributed by atoms with E-state index in [0.29, 0.717) is 164 Å². The fourth-order valence-electron chi connectivity index (χ4n) is 13.2. The molecule has 33 heteroatoms. The van der Waals surface area contributed by atoms with Crippen molar-refractivity contribution in [3.05, 3.63) is 0 Å². The molecule has 0 aliphatic heterocycles. The average molecular weight is 2140 g/mol. The highest BCUT2D eigenvalue weighted by molar-refractivity contribution is 4.69. The van der Waals surface area contributed by atoms with Gasteiger partial charge >= 0.3 is 0 Å². The normalized spacial score (nSPS) is 15.2. The summed E-state index contributed by atoms with van der Waals surface area (Å²) in [6.45, 7) is 79.1. The molecule has 20 atom stereocenters. The highest BCUT2D eigenvalue weighted by Crippen LogP contribution is 2.17. The molecule has 0 spiro atoms. The monoisotopic (exact) mass is 2130 g/mol. The van der Waals surface area contributed by atoms with E-state index in [4.69, 9.17) is 156 Å². The molecule has 0 radical (unpaired) electrons. The fourth-order valence-corrected chi connectivity index (χ4v) is 13.2. The molecule has 0 rings (SSSR count). The summed E-state index contributed by atoms with van der Waals surface area (Å²) in [5, 5.41) is 0. The van der Waals surface area contributed by atoms with Crippen LogP contribution in [0.4, 0.5) is 0 Å². The number of hydrogen-bond acceptors (Lipinski definition) is 33. The maximum atomic E-state index is 6.09. The minimum Gasteiger partial charge on any atom is -0.382 e. The zero-order valence-corrected chi connectivity index (χ0v) is 103. The van der Waals surface area contributed by atoms with Gasteiger partial charge < -0.3 is 156 Å². The van der Waals surface area contributed by atoms with Gasteiger partial charge in [0.1, 0.15) is 0 Å². The van der Waals surface area contributed by atoms with Gasteiger partial charge in [0, 0.05) is 153 Å². The molecule has 0 aromatic heterocycles. The van der Waals surface area contributed by atoms with Gasteiger partial charge in [0.05, 0.1) is 281 Å². The van der Waals surface area contributed by atoms with Crippen molar-refractivity contribution in [3.8, 4) is 0 Å². The van der Waals surface area contributed by atoms with Crippen LogP contribution in [0.5, 0.6) is 0 Å². The fraction of sp³-hybridized carbons (Fsp3) is 1.00. The van der Waals surface area contributed by atoms with Crippen LogP contribution in [0.15, 0.2) is 0 Å². The third-order valence-electron chi connectivity index (χ3n) is 19.9. The standard InChI is InChI=1S/C14H30O3.2C12H26O3.5C10H22O3.C9H20O3.2C8H18O3/c1-5-7-9-13(11-15-3)17-14(12-16-4)10-8-6-2;1-5-7-11(9-13-3)15-12(8-6-2)10-14-4;1-5-7-13-9-11(3)15-12(4)10-14-8-6-2;1-8(2)10(7-12-5)13-9(3)6-11-4;1-5-6-10(8-12-4)13-9(2)7-11-3;1-5-6-12-8-10(3)13-9(2)7-11-4;1-5-9(7-11-3)13-10(6-2)8-12-4;1-5-11-7-9(3)13-10(4)8-12-6-2;1-5-9(7-11-4)12-8(2)6-10-3;1-7(5-9-3)11-8(2)6-10-4;1-3-9-5-7-11-8-6-10-4-2/h13-14H,5-12H2,1-4H3;2*11-12H,5-10H2,1-4H3;8-10H,6-7H2,1-5H3;4*9-10H,5-8H2,1-4H3;8-9H,5-7H2,1-4H3;7-8H,5-6H2,1-4H3;3-8H2,1-2H3. The molecule has 0 heterocycles. The largest absolute Gasteiger partial charge is 0.382 e. The summed E-state index contributed by atoms with van der Waals surface area (Å²) in [4.78, 5) is 0. The lowest BCUT2D eigenvalue weighted by molar-refractivity contribution is -0.0834. The summed E-state index contributed by atoms with van der Waals surface area (Å²) in [6.07, 6.45) is 23.0. The summed E-state index contributed by atoms with van der Waals surface area (Å²) < 4.78 is 175. The molecule has 0 fully saturated rings. The second-order valence-corrected chi connectivity index (χ2v) is 36.3. The van der Waals surface area contributed by atoms with Gasteiger partial charge in [0.25, 0.3) is 0 Å². The van der Waals surface area contributed by atoms with Gasteiger partial charge in [-0.15, -0.1) is 0 Å². The van der Waals surface area contributed by atoms with Crippen LogP contribution in [0.2, 0.25) is 0 Å². The molecule has 0 aliphatic rings. The van der Waals surface area contributed by atoms with E-state index in [0.717, 1.165) is 136 Å². The SMILES string of the molecule is CCC(COC)OC(C)COC.CCC(COC)OC(CC)COC.CCCC(COC)OC(C)COC.CCCC(COC)OC(CCC)COC.CCCCC(COC)OC(CCCC)COC.CCCOCC(C)OC(C)COC.CCCOCC(C)OC(C)COCCC.CCOCC(C)OC(C)COCC.CCOCCOCCOCC.COCC(C)OC(C)COC.COCC(C)OC(COC)C(C)C. The second kappa shape index (κ2) is 142. The number of ether oxygens (including phenoxy) is 33. The molecule has 33 nitrogen and oxygen atoms in total. The van der Waals surface area contributed by atoms with Gasteiger partial charge in [0.15, 0.2) is 0 Å². The molecule has 0 amide bonds. The number of rotatable bonds is 92. The van der Waals surface area contributed by atoms with Crippen LogP contribution in [0, 0.1) is 5.92 Å². The minimum atomic E-state index is 0.132. The van der Waals surface area contributed by atoms with Gasteiger partial charge in [-0.25, -0.2) is 0 Å². The minimum absolute atomic E-state index is 0.132. The molecule has 0 aromatic rings. The molecular formula is C113H248O33. The van der Waals surface area contributed by atoms with Crippen LogP contribution in [0.3, 0.4) is 0 Å². The first-order valence-electron chi connectivity index (χ1n) is 55.7. The van der Waals surface area contributed by atoms with Gasteiger partial charge in [-0.2, -0.15) is 0 Å². The van der Waals surface area contributed by atoms with Crippen LogP contribution >= 0.6 is 0 Å². The first kappa shape index (κ1) is 167. The van der Waals surface area contributed by atoms with Crippen molar-refractivity contribution < 1.29 is 156 Å². The van der Waals surface area contributed by atoms with Gasteiger partial charge in [-0.3, -0.25) is 0 Å². The van der Waals surface area contributed by atoms with Crippen molar-refractivity contribution in [2.24, 2.45) is 5.92 Å².